The van der Waals surface area contributed by atoms with Crippen LogP contribution < -0.4 is 0 Å². The van der Waals surface area contributed by atoms with Crippen LogP contribution in [0.15, 0.2) is 10.5 Å². The number of nitrogens with zero attached hydrogens (tertiary/aromatic N) is 1. The SMILES string of the molecule is COC(=O)c1cc2c(F)c(Br)c(F)c(F)c2n1C(=O)O. The average molecular weight is 352 g/mol. The lowest BCUT2D eigenvalue weighted by Crippen LogP contribution is -2.17. The molecule has 0 aliphatic heterocycles. The summed E-state index contributed by atoms with van der Waals surface area (Å²) in [5.74, 6) is -5.53. The molecule has 2 rings (SSSR count). The third-order valence-electron chi connectivity index (χ3n) is 2.61. The number of hydrogen-bond donors (Lipinski definition) is 1. The third-order valence-corrected chi connectivity index (χ3v) is 3.31. The van der Waals surface area contributed by atoms with Gasteiger partial charge in [-0.05, 0) is 22.0 Å². The first kappa shape index (κ1) is 14.4. The average Bonchev–Trinajstić information content (AvgIpc) is 2.82. The molecule has 0 saturated carbocycles. The van der Waals surface area contributed by atoms with Crippen LogP contribution in [0.4, 0.5) is 18.0 Å². The van der Waals surface area contributed by atoms with Crippen LogP contribution in [0.3, 0.4) is 0 Å². The lowest BCUT2D eigenvalue weighted by Gasteiger charge is -2.05. The van der Waals surface area contributed by atoms with E-state index in [-0.39, 0.29) is 4.57 Å². The summed E-state index contributed by atoms with van der Waals surface area (Å²) in [6, 6.07) is 0.776. The zero-order valence-electron chi connectivity index (χ0n) is 9.71. The van der Waals surface area contributed by atoms with E-state index in [4.69, 9.17) is 5.11 Å². The summed E-state index contributed by atoms with van der Waals surface area (Å²) in [5, 5.41) is 8.45. The number of hydrogen-bond acceptors (Lipinski definition) is 3. The molecule has 0 bridgehead atoms. The summed E-state index contributed by atoms with van der Waals surface area (Å²) in [4.78, 5) is 22.6. The minimum Gasteiger partial charge on any atom is -0.464 e. The maximum atomic E-state index is 13.9. The molecule has 0 spiro atoms. The van der Waals surface area contributed by atoms with Gasteiger partial charge in [0.15, 0.2) is 11.6 Å². The van der Waals surface area contributed by atoms with Crippen LogP contribution in [0.2, 0.25) is 0 Å². The maximum Gasteiger partial charge on any atom is 0.416 e. The first-order valence-corrected chi connectivity index (χ1v) is 5.79. The van der Waals surface area contributed by atoms with E-state index in [1.165, 1.54) is 0 Å². The number of aromatic nitrogens is 1. The normalized spacial score (nSPS) is 10.8. The number of ether oxygens (including phenoxy) is 1. The van der Waals surface area contributed by atoms with Gasteiger partial charge in [-0.25, -0.2) is 27.3 Å². The summed E-state index contributed by atoms with van der Waals surface area (Å²) in [7, 11) is 0.968. The standard InChI is InChI=1S/C11H5BrF3NO4/c1-20-10(17)4-2-3-6(13)5(12)7(14)8(15)9(3)16(4)11(18)19/h2H,1H3,(H,18,19). The van der Waals surface area contributed by atoms with E-state index in [1.807, 2.05) is 0 Å². The minimum absolute atomic E-state index is 0.134. The van der Waals surface area contributed by atoms with Crippen LogP contribution in [-0.4, -0.2) is 28.8 Å². The highest BCUT2D eigenvalue weighted by Crippen LogP contribution is 2.33. The fourth-order valence-electron chi connectivity index (χ4n) is 1.76. The molecule has 0 aliphatic rings. The zero-order valence-corrected chi connectivity index (χ0v) is 11.3. The van der Waals surface area contributed by atoms with Crippen LogP contribution >= 0.6 is 15.9 Å². The fraction of sp³-hybridized carbons (Fsp3) is 0.0909. The summed E-state index contributed by atoms with van der Waals surface area (Å²) in [5.41, 5.74) is -1.53. The Morgan fingerprint density at radius 1 is 1.25 bits per heavy atom. The largest absolute Gasteiger partial charge is 0.464 e. The molecule has 1 N–H and O–H groups in total. The molecule has 0 atom stereocenters. The van der Waals surface area contributed by atoms with Crippen LogP contribution in [0.25, 0.3) is 10.9 Å². The Morgan fingerprint density at radius 3 is 2.35 bits per heavy atom. The number of rotatable bonds is 1. The molecule has 9 heteroatoms. The topological polar surface area (TPSA) is 68.5 Å². The molecule has 2 aromatic rings. The third kappa shape index (κ3) is 1.85. The van der Waals surface area contributed by atoms with E-state index in [1.54, 1.807) is 0 Å². The van der Waals surface area contributed by atoms with Crippen molar-refractivity contribution in [3.8, 4) is 0 Å². The number of methoxy groups -OCH3 is 1. The summed E-state index contributed by atoms with van der Waals surface area (Å²) in [6.07, 6.45) is -1.78. The number of carboxylic acid groups (broad SMARTS) is 1. The molecule has 1 aromatic carbocycles. The van der Waals surface area contributed by atoms with Gasteiger partial charge < -0.3 is 9.84 Å². The molecule has 0 fully saturated rings. The van der Waals surface area contributed by atoms with Crippen molar-refractivity contribution < 1.29 is 32.6 Å². The summed E-state index contributed by atoms with van der Waals surface area (Å²) >= 11 is 2.51. The Bertz CT molecular complexity index is 756. The second-order valence-corrected chi connectivity index (χ2v) is 4.45. The Morgan fingerprint density at radius 2 is 1.85 bits per heavy atom. The van der Waals surface area contributed by atoms with Gasteiger partial charge in [-0.2, -0.15) is 0 Å². The lowest BCUT2D eigenvalue weighted by atomic mass is 10.2. The smallest absolute Gasteiger partial charge is 0.416 e. The van der Waals surface area contributed by atoms with Gasteiger partial charge in [0.1, 0.15) is 17.0 Å². The van der Waals surface area contributed by atoms with Crippen molar-refractivity contribution in [3.05, 3.63) is 33.7 Å². The molecule has 1 aromatic heterocycles. The van der Waals surface area contributed by atoms with Crippen LogP contribution in [0.1, 0.15) is 10.5 Å². The van der Waals surface area contributed by atoms with Crippen molar-refractivity contribution in [2.45, 2.75) is 0 Å². The summed E-state index contributed by atoms with van der Waals surface area (Å²) in [6.45, 7) is 0. The van der Waals surface area contributed by atoms with Gasteiger partial charge in [0.25, 0.3) is 0 Å². The number of esters is 1. The predicted molar refractivity (Wildman–Crippen MR) is 64.3 cm³/mol. The number of fused-ring (bicyclic) bond motifs is 1. The van der Waals surface area contributed by atoms with Crippen LogP contribution in [-0.2, 0) is 4.74 Å². The molecular formula is C11H5BrF3NO4. The van der Waals surface area contributed by atoms with Gasteiger partial charge in [-0.3, -0.25) is 0 Å². The Kier molecular flexibility index (Phi) is 3.46. The van der Waals surface area contributed by atoms with Crippen molar-refractivity contribution in [2.75, 3.05) is 7.11 Å². The number of carbonyl (C=O) groups is 2. The van der Waals surface area contributed by atoms with Gasteiger partial charge >= 0.3 is 12.1 Å². The van der Waals surface area contributed by atoms with E-state index in [0.717, 1.165) is 13.2 Å². The summed E-state index contributed by atoms with van der Waals surface area (Å²) < 4.78 is 44.8. The van der Waals surface area contributed by atoms with E-state index in [2.05, 4.69) is 20.7 Å². The Labute approximate surface area is 117 Å². The number of carbonyl (C=O) groups excluding carboxylic acids is 1. The zero-order chi connectivity index (χ0) is 15.2. The molecule has 0 radical (unpaired) electrons. The van der Waals surface area contributed by atoms with E-state index in [9.17, 15) is 22.8 Å². The molecule has 5 nitrogen and oxygen atoms in total. The molecule has 0 unspecified atom stereocenters. The second kappa shape index (κ2) is 4.82. The van der Waals surface area contributed by atoms with Gasteiger partial charge in [0.05, 0.1) is 11.6 Å². The quantitative estimate of drug-likeness (QED) is 0.487. The molecule has 106 valence electrons. The highest BCUT2D eigenvalue weighted by molar-refractivity contribution is 9.10. The molecule has 20 heavy (non-hydrogen) atoms. The van der Waals surface area contributed by atoms with Gasteiger partial charge in [-0.15, -0.1) is 0 Å². The molecule has 0 saturated heterocycles. The molecular weight excluding hydrogens is 347 g/mol. The first-order valence-electron chi connectivity index (χ1n) is 5.00. The Hall–Kier alpha value is -2.03. The first-order chi connectivity index (χ1) is 9.31. The van der Waals surface area contributed by atoms with Crippen molar-refractivity contribution in [1.82, 2.24) is 4.57 Å². The van der Waals surface area contributed by atoms with Crippen molar-refractivity contribution in [2.24, 2.45) is 0 Å². The molecule has 1 heterocycles. The highest BCUT2D eigenvalue weighted by Gasteiger charge is 2.28. The molecule has 0 aliphatic carbocycles. The van der Waals surface area contributed by atoms with Gasteiger partial charge in [0.2, 0.25) is 0 Å². The molecule has 0 amide bonds. The van der Waals surface area contributed by atoms with Crippen LogP contribution in [0.5, 0.6) is 0 Å². The predicted octanol–water partition coefficient (Wildman–Crippen LogP) is 3.13. The monoisotopic (exact) mass is 351 g/mol. The van der Waals surface area contributed by atoms with Crippen molar-refractivity contribution in [3.63, 3.8) is 0 Å². The van der Waals surface area contributed by atoms with Gasteiger partial charge in [-0.1, -0.05) is 0 Å². The number of benzene rings is 1. The lowest BCUT2D eigenvalue weighted by molar-refractivity contribution is 0.0588. The minimum atomic E-state index is -1.78. The Balaban J connectivity index is 3.03. The maximum absolute atomic E-state index is 13.9. The van der Waals surface area contributed by atoms with Gasteiger partial charge in [0, 0.05) is 5.39 Å². The van der Waals surface area contributed by atoms with E-state index in [0.29, 0.717) is 0 Å². The number of halogens is 4. The fourth-order valence-corrected chi connectivity index (χ4v) is 2.15. The van der Waals surface area contributed by atoms with Crippen molar-refractivity contribution >= 4 is 38.9 Å². The highest BCUT2D eigenvalue weighted by atomic mass is 79.9. The van der Waals surface area contributed by atoms with E-state index < -0.39 is 50.6 Å². The second-order valence-electron chi connectivity index (χ2n) is 3.66. The van der Waals surface area contributed by atoms with Crippen molar-refractivity contribution in [1.29, 1.82) is 0 Å². The van der Waals surface area contributed by atoms with Crippen LogP contribution in [0, 0.1) is 17.5 Å². The van der Waals surface area contributed by atoms with E-state index >= 15 is 0 Å².